The van der Waals surface area contributed by atoms with E-state index < -0.39 is 0 Å². The van der Waals surface area contributed by atoms with E-state index in [1.165, 1.54) is 11.3 Å². The van der Waals surface area contributed by atoms with Crippen molar-refractivity contribution in [2.45, 2.75) is 26.7 Å². The molecule has 1 N–H and O–H groups in total. The van der Waals surface area contributed by atoms with E-state index in [2.05, 4.69) is 22.4 Å². The Balaban J connectivity index is 1.99. The average molecular weight is 291 g/mol. The van der Waals surface area contributed by atoms with Gasteiger partial charge in [-0.3, -0.25) is 10.1 Å². The zero-order valence-electron chi connectivity index (χ0n) is 11.5. The second kappa shape index (κ2) is 7.00. The van der Waals surface area contributed by atoms with Crippen LogP contribution in [0.15, 0.2) is 24.3 Å². The summed E-state index contributed by atoms with van der Waals surface area (Å²) < 4.78 is 5.34. The van der Waals surface area contributed by atoms with Gasteiger partial charge in [-0.15, -0.1) is 10.2 Å². The molecule has 106 valence electrons. The Bertz CT molecular complexity index is 566. The van der Waals surface area contributed by atoms with Gasteiger partial charge in [0.1, 0.15) is 10.8 Å². The monoisotopic (exact) mass is 291 g/mol. The largest absolute Gasteiger partial charge is 0.494 e. The Morgan fingerprint density at radius 2 is 2.00 bits per heavy atom. The molecule has 0 fully saturated rings. The molecule has 1 amide bonds. The van der Waals surface area contributed by atoms with Crippen molar-refractivity contribution in [2.75, 3.05) is 11.9 Å². The minimum Gasteiger partial charge on any atom is -0.494 e. The first kappa shape index (κ1) is 14.5. The van der Waals surface area contributed by atoms with Crippen molar-refractivity contribution >= 4 is 22.4 Å². The van der Waals surface area contributed by atoms with E-state index in [0.29, 0.717) is 17.3 Å². The first-order chi connectivity index (χ1) is 9.72. The molecule has 0 saturated carbocycles. The van der Waals surface area contributed by atoms with E-state index in [4.69, 9.17) is 4.74 Å². The van der Waals surface area contributed by atoms with E-state index in [9.17, 15) is 4.79 Å². The maximum absolute atomic E-state index is 12.0. The maximum atomic E-state index is 12.0. The first-order valence-corrected chi connectivity index (χ1v) is 7.41. The van der Waals surface area contributed by atoms with Gasteiger partial charge in [-0.25, -0.2) is 0 Å². The molecule has 2 aromatic rings. The van der Waals surface area contributed by atoms with E-state index in [0.717, 1.165) is 23.6 Å². The van der Waals surface area contributed by atoms with Crippen molar-refractivity contribution in [1.29, 1.82) is 0 Å². The van der Waals surface area contributed by atoms with Crippen LogP contribution in [-0.4, -0.2) is 22.7 Å². The number of amides is 1. The number of nitrogens with one attached hydrogen (secondary N) is 1. The molecule has 0 aliphatic heterocycles. The summed E-state index contributed by atoms with van der Waals surface area (Å²) in [4.78, 5) is 12.0. The average Bonchev–Trinajstić information content (AvgIpc) is 2.88. The molecule has 0 aliphatic carbocycles. The third kappa shape index (κ3) is 3.77. The molecule has 0 unspecified atom stereocenters. The number of benzene rings is 1. The number of carbonyl (C=O) groups is 1. The highest BCUT2D eigenvalue weighted by atomic mass is 32.1. The Morgan fingerprint density at radius 1 is 1.25 bits per heavy atom. The molecule has 1 aromatic carbocycles. The number of hydrogen-bond acceptors (Lipinski definition) is 5. The van der Waals surface area contributed by atoms with Crippen molar-refractivity contribution in [3.05, 3.63) is 34.8 Å². The zero-order chi connectivity index (χ0) is 14.4. The summed E-state index contributed by atoms with van der Waals surface area (Å²) in [6.07, 6.45) is 1.90. The van der Waals surface area contributed by atoms with E-state index >= 15 is 0 Å². The van der Waals surface area contributed by atoms with Gasteiger partial charge in [-0.05, 0) is 37.6 Å². The lowest BCUT2D eigenvalue weighted by atomic mass is 10.2. The van der Waals surface area contributed by atoms with Crippen LogP contribution in [0.25, 0.3) is 0 Å². The molecule has 1 heterocycles. The smallest absolute Gasteiger partial charge is 0.257 e. The van der Waals surface area contributed by atoms with Crippen molar-refractivity contribution in [3.8, 4) is 5.75 Å². The second-order valence-electron chi connectivity index (χ2n) is 4.16. The summed E-state index contributed by atoms with van der Waals surface area (Å²) in [5, 5.41) is 12.2. The van der Waals surface area contributed by atoms with Gasteiger partial charge in [0.25, 0.3) is 5.91 Å². The molecule has 0 saturated heterocycles. The SMILES string of the molecule is CCCc1nnc(NC(=O)c2ccc(OCC)cc2)s1. The molecule has 0 radical (unpaired) electrons. The number of hydrogen-bond donors (Lipinski definition) is 1. The fourth-order valence-corrected chi connectivity index (χ4v) is 2.49. The van der Waals surface area contributed by atoms with Crippen LogP contribution < -0.4 is 10.1 Å². The molecule has 0 atom stereocenters. The normalized spacial score (nSPS) is 10.3. The number of aromatic nitrogens is 2. The lowest BCUT2D eigenvalue weighted by molar-refractivity contribution is 0.102. The van der Waals surface area contributed by atoms with Crippen LogP contribution in [0.4, 0.5) is 5.13 Å². The Kier molecular flexibility index (Phi) is 5.06. The first-order valence-electron chi connectivity index (χ1n) is 6.59. The van der Waals surface area contributed by atoms with E-state index in [1.807, 2.05) is 6.92 Å². The number of anilines is 1. The standard InChI is InChI=1S/C14H17N3O2S/c1-3-5-12-16-17-14(20-12)15-13(18)10-6-8-11(9-7-10)19-4-2/h6-9H,3-5H2,1-2H3,(H,15,17,18). The number of nitrogens with zero attached hydrogens (tertiary/aromatic N) is 2. The van der Waals surface area contributed by atoms with Crippen molar-refractivity contribution in [3.63, 3.8) is 0 Å². The Hall–Kier alpha value is -1.95. The zero-order valence-corrected chi connectivity index (χ0v) is 12.4. The highest BCUT2D eigenvalue weighted by molar-refractivity contribution is 7.15. The quantitative estimate of drug-likeness (QED) is 0.888. The van der Waals surface area contributed by atoms with Crippen LogP contribution >= 0.6 is 11.3 Å². The molecule has 20 heavy (non-hydrogen) atoms. The molecule has 6 heteroatoms. The van der Waals surface area contributed by atoms with Crippen molar-refractivity contribution in [1.82, 2.24) is 10.2 Å². The van der Waals surface area contributed by atoms with Gasteiger partial charge < -0.3 is 4.74 Å². The predicted molar refractivity (Wildman–Crippen MR) is 79.5 cm³/mol. The Morgan fingerprint density at radius 3 is 2.65 bits per heavy atom. The summed E-state index contributed by atoms with van der Waals surface area (Å²) in [6, 6.07) is 7.02. The van der Waals surface area contributed by atoms with Crippen LogP contribution in [0.2, 0.25) is 0 Å². The van der Waals surface area contributed by atoms with Crippen LogP contribution in [0, 0.1) is 0 Å². The summed E-state index contributed by atoms with van der Waals surface area (Å²) in [6.45, 7) is 4.61. The third-order valence-corrected chi connectivity index (χ3v) is 3.48. The molecule has 0 bridgehead atoms. The minimum absolute atomic E-state index is 0.188. The Labute approximate surface area is 122 Å². The lowest BCUT2D eigenvalue weighted by Crippen LogP contribution is -2.11. The van der Waals surface area contributed by atoms with E-state index in [-0.39, 0.29) is 5.91 Å². The van der Waals surface area contributed by atoms with Gasteiger partial charge in [0.05, 0.1) is 6.61 Å². The summed E-state index contributed by atoms with van der Waals surface area (Å²) in [5.41, 5.74) is 0.570. The number of carbonyl (C=O) groups excluding carboxylic acids is 1. The number of ether oxygens (including phenoxy) is 1. The van der Waals surface area contributed by atoms with Gasteiger partial charge in [-0.1, -0.05) is 18.3 Å². The molecule has 0 spiro atoms. The molecule has 1 aromatic heterocycles. The van der Waals surface area contributed by atoms with Crippen LogP contribution in [-0.2, 0) is 6.42 Å². The summed E-state index contributed by atoms with van der Waals surface area (Å²) >= 11 is 1.41. The predicted octanol–water partition coefficient (Wildman–Crippen LogP) is 3.14. The maximum Gasteiger partial charge on any atom is 0.257 e. The summed E-state index contributed by atoms with van der Waals surface area (Å²) in [7, 11) is 0. The molecule has 2 rings (SSSR count). The van der Waals surface area contributed by atoms with Gasteiger partial charge >= 0.3 is 0 Å². The molecule has 5 nitrogen and oxygen atoms in total. The van der Waals surface area contributed by atoms with Gasteiger partial charge in [-0.2, -0.15) is 0 Å². The van der Waals surface area contributed by atoms with E-state index in [1.54, 1.807) is 24.3 Å². The van der Waals surface area contributed by atoms with Crippen LogP contribution in [0.3, 0.4) is 0 Å². The third-order valence-electron chi connectivity index (χ3n) is 2.58. The molecular weight excluding hydrogens is 274 g/mol. The summed E-state index contributed by atoms with van der Waals surface area (Å²) in [5.74, 6) is 0.567. The van der Waals surface area contributed by atoms with Gasteiger partial charge in [0, 0.05) is 12.0 Å². The fraction of sp³-hybridized carbons (Fsp3) is 0.357. The number of rotatable bonds is 6. The van der Waals surface area contributed by atoms with Gasteiger partial charge in [0.2, 0.25) is 5.13 Å². The van der Waals surface area contributed by atoms with Crippen molar-refractivity contribution in [2.24, 2.45) is 0 Å². The van der Waals surface area contributed by atoms with Crippen LogP contribution in [0.5, 0.6) is 5.75 Å². The highest BCUT2D eigenvalue weighted by Crippen LogP contribution is 2.18. The highest BCUT2D eigenvalue weighted by Gasteiger charge is 2.10. The van der Waals surface area contributed by atoms with Gasteiger partial charge in [0.15, 0.2) is 0 Å². The number of aryl methyl sites for hydroxylation is 1. The van der Waals surface area contributed by atoms with Crippen LogP contribution in [0.1, 0.15) is 35.6 Å². The minimum atomic E-state index is -0.188. The molecular formula is C14H17N3O2S. The van der Waals surface area contributed by atoms with Crippen molar-refractivity contribution < 1.29 is 9.53 Å². The lowest BCUT2D eigenvalue weighted by Gasteiger charge is -2.04. The second-order valence-corrected chi connectivity index (χ2v) is 5.22. The fourth-order valence-electron chi connectivity index (χ4n) is 1.66. The molecule has 0 aliphatic rings. The topological polar surface area (TPSA) is 64.1 Å².